The number of aliphatic hydroxyl groups excluding tert-OH is 1. The van der Waals surface area contributed by atoms with E-state index in [-0.39, 0.29) is 11.8 Å². The van der Waals surface area contributed by atoms with Crippen LogP contribution in [0.1, 0.15) is 26.7 Å². The molecule has 1 spiro atoms. The highest BCUT2D eigenvalue weighted by molar-refractivity contribution is 5.48. The van der Waals surface area contributed by atoms with Crippen LogP contribution < -0.4 is 10.6 Å². The van der Waals surface area contributed by atoms with Crippen molar-refractivity contribution in [1.82, 2.24) is 10.6 Å². The molecule has 0 aromatic rings. The summed E-state index contributed by atoms with van der Waals surface area (Å²) in [6, 6.07) is -0.110. The fraction of sp³-hybridized carbons (Fsp3) is 0.474. The normalized spacial score (nSPS) is 42.5. The first-order valence-electron chi connectivity index (χ1n) is 8.30. The lowest BCUT2D eigenvalue weighted by Crippen LogP contribution is -2.71. The molecule has 24 heavy (non-hydrogen) atoms. The third kappa shape index (κ3) is 2.15. The maximum atomic E-state index is 11.4. The van der Waals surface area contributed by atoms with Gasteiger partial charge in [0, 0.05) is 6.04 Å². The number of aliphatic hydroxyl groups is 2. The van der Waals surface area contributed by atoms with Gasteiger partial charge in [-0.15, -0.1) is 0 Å². The molecule has 3 bridgehead atoms. The van der Waals surface area contributed by atoms with Gasteiger partial charge in [0.05, 0.1) is 23.0 Å². The molecule has 4 atom stereocenters. The van der Waals surface area contributed by atoms with E-state index in [1.165, 1.54) is 6.20 Å². The summed E-state index contributed by atoms with van der Waals surface area (Å²) in [5.41, 5.74) is 0.584. The highest BCUT2D eigenvalue weighted by atomic mass is 16.5. The zero-order valence-corrected chi connectivity index (χ0v) is 14.3. The van der Waals surface area contributed by atoms with Crippen molar-refractivity contribution in [3.63, 3.8) is 0 Å². The first kappa shape index (κ1) is 16.9. The minimum absolute atomic E-state index is 0.0600. The molecule has 5 heteroatoms. The summed E-state index contributed by atoms with van der Waals surface area (Å²) in [6.07, 6.45) is 7.49. The Morgan fingerprint density at radius 2 is 2.29 bits per heavy atom. The molecule has 2 heterocycles. The quantitative estimate of drug-likeness (QED) is 0.598. The van der Waals surface area contributed by atoms with Crippen molar-refractivity contribution in [2.45, 2.75) is 44.4 Å². The van der Waals surface area contributed by atoms with E-state index in [9.17, 15) is 10.2 Å². The largest absolute Gasteiger partial charge is 0.507 e. The molecule has 130 valence electrons. The molecule has 2 aliphatic heterocycles. The second-order valence-electron chi connectivity index (χ2n) is 6.95. The van der Waals surface area contributed by atoms with Gasteiger partial charge in [0.2, 0.25) is 0 Å². The summed E-state index contributed by atoms with van der Waals surface area (Å²) in [5, 5.41) is 28.6. The fourth-order valence-electron chi connectivity index (χ4n) is 4.40. The Morgan fingerprint density at radius 1 is 1.54 bits per heavy atom. The van der Waals surface area contributed by atoms with Gasteiger partial charge >= 0.3 is 0 Å². The Balaban J connectivity index is 2.21. The second kappa shape index (κ2) is 5.83. The Bertz CT molecular complexity index is 660. The predicted octanol–water partition coefficient (Wildman–Crippen LogP) is 2.41. The van der Waals surface area contributed by atoms with Gasteiger partial charge in [0.1, 0.15) is 0 Å². The molecular weight excluding hydrogens is 304 g/mol. The average Bonchev–Trinajstić information content (AvgIpc) is 2.51. The van der Waals surface area contributed by atoms with Crippen molar-refractivity contribution < 1.29 is 14.9 Å². The minimum atomic E-state index is -1.10. The van der Waals surface area contributed by atoms with Crippen LogP contribution in [0.4, 0.5) is 0 Å². The standard InChI is InChI=1S/C19H26N2O3/c1-5-20-13(3)16(22)17-19-8-9-21-15(18(19,4)23)11-14(12(19)2)7-6-10-24-17/h5-7,10,15,17,20-23H,1-2,8-9,11H2,3-4H3/b10-6-,14-7-,16-13-/t15?,17-,18?,19-/m0/s1. The van der Waals surface area contributed by atoms with Gasteiger partial charge in [-0.05, 0) is 56.7 Å². The second-order valence-corrected chi connectivity index (χ2v) is 6.95. The average molecular weight is 330 g/mol. The van der Waals surface area contributed by atoms with Gasteiger partial charge in [-0.1, -0.05) is 19.2 Å². The molecule has 3 aliphatic rings. The number of piperidine rings is 1. The molecule has 5 nitrogen and oxygen atoms in total. The fourth-order valence-corrected chi connectivity index (χ4v) is 4.40. The Kier molecular flexibility index (Phi) is 4.10. The first-order valence-corrected chi connectivity index (χ1v) is 8.30. The maximum absolute atomic E-state index is 11.4. The van der Waals surface area contributed by atoms with Crippen LogP contribution in [0, 0.1) is 5.41 Å². The van der Waals surface area contributed by atoms with Gasteiger partial charge in [0.25, 0.3) is 0 Å². The lowest BCUT2D eigenvalue weighted by atomic mass is 9.51. The molecule has 3 rings (SSSR count). The SMILES string of the molecule is C=CN/C(C)=C(\O)[C@@H]1O/C=C\C=C2\CC3NCC[C@@]1(C2=C)C3(C)O. The number of fused-ring (bicyclic) bond motifs is 2. The van der Waals surface area contributed by atoms with E-state index in [0.717, 1.165) is 17.7 Å². The molecule has 1 saturated heterocycles. The van der Waals surface area contributed by atoms with Crippen molar-refractivity contribution in [2.75, 3.05) is 6.54 Å². The van der Waals surface area contributed by atoms with Crippen LogP contribution in [0.5, 0.6) is 0 Å². The lowest BCUT2D eigenvalue weighted by molar-refractivity contribution is -0.158. The molecular formula is C19H26N2O3. The van der Waals surface area contributed by atoms with E-state index in [4.69, 9.17) is 4.74 Å². The van der Waals surface area contributed by atoms with Crippen molar-refractivity contribution in [3.8, 4) is 0 Å². The van der Waals surface area contributed by atoms with Gasteiger partial charge in [0.15, 0.2) is 11.9 Å². The summed E-state index contributed by atoms with van der Waals surface area (Å²) >= 11 is 0. The van der Waals surface area contributed by atoms with Gasteiger partial charge < -0.3 is 25.6 Å². The summed E-state index contributed by atoms with van der Waals surface area (Å²) in [4.78, 5) is 0. The van der Waals surface area contributed by atoms with Crippen molar-refractivity contribution in [3.05, 3.63) is 60.4 Å². The van der Waals surface area contributed by atoms with E-state index in [2.05, 4.69) is 23.8 Å². The Labute approximate surface area is 143 Å². The van der Waals surface area contributed by atoms with Crippen LogP contribution in [0.15, 0.2) is 60.4 Å². The Morgan fingerprint density at radius 3 is 3.00 bits per heavy atom. The van der Waals surface area contributed by atoms with Gasteiger partial charge in [-0.25, -0.2) is 0 Å². The third-order valence-corrected chi connectivity index (χ3v) is 5.83. The first-order chi connectivity index (χ1) is 11.4. The molecule has 0 aromatic heterocycles. The van der Waals surface area contributed by atoms with Crippen LogP contribution in [-0.4, -0.2) is 34.5 Å². The molecule has 2 fully saturated rings. The molecule has 0 aromatic carbocycles. The molecule has 2 unspecified atom stereocenters. The van der Waals surface area contributed by atoms with Crippen molar-refractivity contribution in [1.29, 1.82) is 0 Å². The number of allylic oxidation sites excluding steroid dienone is 3. The summed E-state index contributed by atoms with van der Waals surface area (Å²) in [5.74, 6) is 0.0600. The van der Waals surface area contributed by atoms with Crippen molar-refractivity contribution in [2.24, 2.45) is 5.41 Å². The summed E-state index contributed by atoms with van der Waals surface area (Å²) in [6.45, 7) is 12.2. The molecule has 1 saturated carbocycles. The van der Waals surface area contributed by atoms with Gasteiger partial charge in [-0.2, -0.15) is 0 Å². The van der Waals surface area contributed by atoms with Crippen LogP contribution in [0.25, 0.3) is 0 Å². The van der Waals surface area contributed by atoms with Crippen LogP contribution in [-0.2, 0) is 4.74 Å². The molecule has 0 radical (unpaired) electrons. The van der Waals surface area contributed by atoms with Gasteiger partial charge in [-0.3, -0.25) is 0 Å². The van der Waals surface area contributed by atoms with E-state index in [1.54, 1.807) is 13.2 Å². The molecule has 1 aliphatic carbocycles. The minimum Gasteiger partial charge on any atom is -0.507 e. The van der Waals surface area contributed by atoms with E-state index in [1.807, 2.05) is 19.1 Å². The number of nitrogens with one attached hydrogen (secondary N) is 2. The highest BCUT2D eigenvalue weighted by Gasteiger charge is 2.64. The summed E-state index contributed by atoms with van der Waals surface area (Å²) < 4.78 is 5.92. The number of ether oxygens (including phenoxy) is 1. The zero-order valence-electron chi connectivity index (χ0n) is 14.3. The molecule has 4 N–H and O–H groups in total. The van der Waals surface area contributed by atoms with Crippen LogP contribution in [0.2, 0.25) is 0 Å². The number of hydrogen-bond donors (Lipinski definition) is 4. The van der Waals surface area contributed by atoms with Crippen LogP contribution in [0.3, 0.4) is 0 Å². The summed E-state index contributed by atoms with van der Waals surface area (Å²) in [7, 11) is 0. The van der Waals surface area contributed by atoms with Crippen LogP contribution >= 0.6 is 0 Å². The smallest absolute Gasteiger partial charge is 0.168 e. The maximum Gasteiger partial charge on any atom is 0.168 e. The Hall–Kier alpha value is -1.98. The van der Waals surface area contributed by atoms with E-state index in [0.29, 0.717) is 18.5 Å². The zero-order chi connectivity index (χ0) is 17.5. The number of hydrogen-bond acceptors (Lipinski definition) is 5. The number of rotatable bonds is 3. The van der Waals surface area contributed by atoms with E-state index < -0.39 is 17.1 Å². The monoisotopic (exact) mass is 330 g/mol. The lowest BCUT2D eigenvalue weighted by Gasteiger charge is -2.60. The predicted molar refractivity (Wildman–Crippen MR) is 94.0 cm³/mol. The van der Waals surface area contributed by atoms with E-state index >= 15 is 0 Å². The third-order valence-electron chi connectivity index (χ3n) is 5.83. The molecule has 0 amide bonds. The topological polar surface area (TPSA) is 73.8 Å². The highest BCUT2D eigenvalue weighted by Crippen LogP contribution is 2.58. The van der Waals surface area contributed by atoms with Crippen molar-refractivity contribution >= 4 is 0 Å².